The predicted molar refractivity (Wildman–Crippen MR) is 175 cm³/mol. The number of halogens is 4. The summed E-state index contributed by atoms with van der Waals surface area (Å²) in [5, 5.41) is 0.406. The second kappa shape index (κ2) is 16.9. The summed E-state index contributed by atoms with van der Waals surface area (Å²) in [4.78, 5) is 17.6. The van der Waals surface area contributed by atoms with E-state index in [1.54, 1.807) is 0 Å². The van der Waals surface area contributed by atoms with Gasteiger partial charge in [0.15, 0.2) is 23.0 Å². The number of pyridine rings is 1. The molecule has 1 saturated carbocycles. The van der Waals surface area contributed by atoms with Gasteiger partial charge in [-0.2, -0.15) is 25.3 Å². The smallest absolute Gasteiger partial charge is 0.387 e. The molecule has 1 aromatic heterocycles. The lowest BCUT2D eigenvalue weighted by molar-refractivity contribution is -0.151. The maximum atomic E-state index is 13.8. The van der Waals surface area contributed by atoms with Crippen LogP contribution < -0.4 is 23.7 Å². The zero-order valence-electron chi connectivity index (χ0n) is 25.7. The average Bonchev–Trinajstić information content (AvgIpc) is 3.87. The topological polar surface area (TPSA) is 122 Å². The van der Waals surface area contributed by atoms with Gasteiger partial charge < -0.3 is 23.7 Å². The van der Waals surface area contributed by atoms with Gasteiger partial charge in [0.1, 0.15) is 12.1 Å². The fourth-order valence-electron chi connectivity index (χ4n) is 4.49. The van der Waals surface area contributed by atoms with Crippen LogP contribution in [0.2, 0.25) is 10.0 Å². The van der Waals surface area contributed by atoms with Crippen molar-refractivity contribution in [3.63, 3.8) is 0 Å². The number of hydrogen-bond donors (Lipinski definition) is 1. The molecule has 0 bridgehead atoms. The highest BCUT2D eigenvalue weighted by molar-refractivity contribution is 7.98. The molecule has 1 aliphatic carbocycles. The van der Waals surface area contributed by atoms with Gasteiger partial charge >= 0.3 is 12.6 Å². The lowest BCUT2D eigenvalue weighted by Gasteiger charge is -2.24. The molecule has 4 rings (SSSR count). The molecule has 1 aliphatic rings. The molecule has 10 nitrogen and oxygen atoms in total. The van der Waals surface area contributed by atoms with Gasteiger partial charge in [-0.15, -0.1) is 0 Å². The molecule has 16 heteroatoms. The van der Waals surface area contributed by atoms with Crippen LogP contribution in [0.5, 0.6) is 23.0 Å². The van der Waals surface area contributed by atoms with Crippen LogP contribution in [0.15, 0.2) is 53.7 Å². The molecule has 0 radical (unpaired) electrons. The van der Waals surface area contributed by atoms with Crippen molar-refractivity contribution < 1.29 is 45.7 Å². The number of benzene rings is 2. The number of nitrogens with zero attached hydrogens (tertiary/aromatic N) is 1. The molecule has 3 aromatic rings. The number of rotatable bonds is 18. The molecular weight excluding hydrogens is 701 g/mol. The molecule has 1 fully saturated rings. The van der Waals surface area contributed by atoms with Crippen molar-refractivity contribution in [1.29, 1.82) is 0 Å². The first-order chi connectivity index (χ1) is 22.4. The third kappa shape index (κ3) is 10.2. The van der Waals surface area contributed by atoms with Crippen molar-refractivity contribution in [3.05, 3.63) is 70.0 Å². The molecular formula is C31H34Cl2F2N2O8S2. The van der Waals surface area contributed by atoms with Gasteiger partial charge in [0, 0.05) is 24.9 Å². The van der Waals surface area contributed by atoms with E-state index in [4.69, 9.17) is 42.1 Å². The van der Waals surface area contributed by atoms with Gasteiger partial charge in [0.2, 0.25) is 10.0 Å². The summed E-state index contributed by atoms with van der Waals surface area (Å²) in [6, 6.07) is 6.93. The molecule has 0 amide bonds. The van der Waals surface area contributed by atoms with E-state index in [0.717, 1.165) is 12.8 Å². The maximum Gasteiger partial charge on any atom is 0.387 e. The molecule has 0 saturated heterocycles. The van der Waals surface area contributed by atoms with Crippen LogP contribution in [0.25, 0.3) is 0 Å². The number of methoxy groups -OCH3 is 2. The number of alkyl halides is 2. The Morgan fingerprint density at radius 2 is 1.70 bits per heavy atom. The molecule has 0 aliphatic heterocycles. The van der Waals surface area contributed by atoms with Crippen molar-refractivity contribution in [2.75, 3.05) is 32.8 Å². The zero-order chi connectivity index (χ0) is 34.1. The van der Waals surface area contributed by atoms with E-state index in [1.165, 1.54) is 74.8 Å². The Kier molecular flexibility index (Phi) is 13.2. The van der Waals surface area contributed by atoms with Crippen molar-refractivity contribution in [2.24, 2.45) is 5.92 Å². The lowest BCUT2D eigenvalue weighted by Crippen LogP contribution is -2.42. The third-order valence-electron chi connectivity index (χ3n) is 7.19. The van der Waals surface area contributed by atoms with Crippen LogP contribution in [0, 0.1) is 5.92 Å². The van der Waals surface area contributed by atoms with E-state index >= 15 is 0 Å². The zero-order valence-corrected chi connectivity index (χ0v) is 28.9. The van der Waals surface area contributed by atoms with Gasteiger partial charge in [-0.05, 0) is 72.6 Å². The summed E-state index contributed by atoms with van der Waals surface area (Å²) >= 11 is 14.2. The molecule has 1 N–H and O–H groups in total. The number of hydrogen-bond acceptors (Lipinski definition) is 10. The van der Waals surface area contributed by atoms with Crippen LogP contribution in [-0.2, 0) is 26.0 Å². The van der Waals surface area contributed by atoms with Crippen LogP contribution in [-0.4, -0.2) is 64.9 Å². The Hall–Kier alpha value is -3.04. The second-order valence-corrected chi connectivity index (χ2v) is 14.0. The first kappa shape index (κ1) is 36.8. The Morgan fingerprint density at radius 3 is 2.32 bits per heavy atom. The number of ether oxygens (including phenoxy) is 5. The van der Waals surface area contributed by atoms with Crippen LogP contribution in [0.3, 0.4) is 0 Å². The fourth-order valence-corrected chi connectivity index (χ4v) is 6.72. The summed E-state index contributed by atoms with van der Waals surface area (Å²) in [7, 11) is -1.46. The highest BCUT2D eigenvalue weighted by atomic mass is 35.5. The number of carbonyl (C=O) groups is 1. The molecule has 2 atom stereocenters. The Bertz CT molecular complexity index is 1630. The Labute approximate surface area is 286 Å². The highest BCUT2D eigenvalue weighted by Gasteiger charge is 2.31. The Balaban J connectivity index is 1.68. The number of sulfonamides is 1. The summed E-state index contributed by atoms with van der Waals surface area (Å²) in [6.45, 7) is -2.80. The molecule has 47 heavy (non-hydrogen) atoms. The van der Waals surface area contributed by atoms with E-state index in [9.17, 15) is 22.0 Å². The van der Waals surface area contributed by atoms with Gasteiger partial charge in [0.05, 0.1) is 35.8 Å². The molecule has 256 valence electrons. The summed E-state index contributed by atoms with van der Waals surface area (Å²) in [5.74, 6) is 0.195. The van der Waals surface area contributed by atoms with E-state index in [-0.39, 0.29) is 45.0 Å². The van der Waals surface area contributed by atoms with Crippen LogP contribution in [0.4, 0.5) is 8.78 Å². The first-order valence-electron chi connectivity index (χ1n) is 14.4. The van der Waals surface area contributed by atoms with Crippen molar-refractivity contribution >= 4 is 51.0 Å². The van der Waals surface area contributed by atoms with E-state index < -0.39 is 34.7 Å². The number of thioether (sulfide) groups is 1. The van der Waals surface area contributed by atoms with Crippen molar-refractivity contribution in [3.8, 4) is 23.0 Å². The number of esters is 1. The third-order valence-corrected chi connectivity index (χ3v) is 9.95. The van der Waals surface area contributed by atoms with E-state index in [0.29, 0.717) is 35.2 Å². The monoisotopic (exact) mass is 734 g/mol. The SMILES string of the molecule is COc1ccc(S(=O)(=O)N[C@H](CCSC)C(=O)O[C@@H](Cc2c(Cl)cncc2Cl)c2ccc(OC(F)F)c(OCC3CC3)c2)cc1OC. The Morgan fingerprint density at radius 1 is 1.02 bits per heavy atom. The highest BCUT2D eigenvalue weighted by Crippen LogP contribution is 2.38. The number of nitrogens with one attached hydrogen (secondary N) is 1. The largest absolute Gasteiger partial charge is 0.493 e. The van der Waals surface area contributed by atoms with Crippen LogP contribution in [0.1, 0.15) is 36.5 Å². The molecule has 0 unspecified atom stereocenters. The molecule has 2 aromatic carbocycles. The van der Waals surface area contributed by atoms with E-state index in [2.05, 4.69) is 14.4 Å². The molecule has 1 heterocycles. The fraction of sp³-hybridized carbons (Fsp3) is 0.419. The summed E-state index contributed by atoms with van der Waals surface area (Å²) in [5.41, 5.74) is 0.752. The number of aromatic nitrogens is 1. The van der Waals surface area contributed by atoms with Gasteiger partial charge in [-0.3, -0.25) is 9.78 Å². The van der Waals surface area contributed by atoms with Gasteiger partial charge in [0.25, 0.3) is 0 Å². The summed E-state index contributed by atoms with van der Waals surface area (Å²) < 4.78 is 82.7. The minimum atomic E-state index is -4.25. The predicted octanol–water partition coefficient (Wildman–Crippen LogP) is 6.72. The van der Waals surface area contributed by atoms with Crippen molar-refractivity contribution in [1.82, 2.24) is 9.71 Å². The van der Waals surface area contributed by atoms with Gasteiger partial charge in [-0.25, -0.2) is 8.42 Å². The maximum absolute atomic E-state index is 13.8. The minimum Gasteiger partial charge on any atom is -0.493 e. The van der Waals surface area contributed by atoms with Crippen molar-refractivity contribution in [2.45, 2.75) is 49.3 Å². The second-order valence-electron chi connectivity index (χ2n) is 10.5. The lowest BCUT2D eigenvalue weighted by atomic mass is 10.0. The summed E-state index contributed by atoms with van der Waals surface area (Å²) in [6.07, 6.45) is 5.42. The first-order valence-corrected chi connectivity index (χ1v) is 18.0. The van der Waals surface area contributed by atoms with E-state index in [1.807, 2.05) is 6.26 Å². The average molecular weight is 736 g/mol. The number of carbonyl (C=O) groups excluding carboxylic acids is 1. The van der Waals surface area contributed by atoms with Gasteiger partial charge in [-0.1, -0.05) is 29.3 Å². The minimum absolute atomic E-state index is 0.0377. The normalized spacial score (nSPS) is 14.4. The quantitative estimate of drug-likeness (QED) is 0.141. The standard InChI is InChI=1S/C31H34Cl2F2N2O8S2/c1-41-25-9-7-20(13-28(25)42-2)47(39,40)37-24(10-11-46-3)30(38)44-27(14-21-22(32)15-36-16-23(21)33)19-6-8-26(45-31(34)35)29(12-19)43-17-18-4-5-18/h6-9,12-13,15-16,18,24,27,31,37H,4-5,10-11,14,17H2,1-3H3/t24-,27+/m1/s1. The molecule has 0 spiro atoms. The van der Waals surface area contributed by atoms with Crippen LogP contribution >= 0.6 is 35.0 Å².